The number of allylic oxidation sites excluding steroid dienone is 1. The summed E-state index contributed by atoms with van der Waals surface area (Å²) in [5, 5.41) is 8.96. The van der Waals surface area contributed by atoms with Crippen LogP contribution in [0.5, 0.6) is 5.75 Å². The van der Waals surface area contributed by atoms with Crippen LogP contribution in [0.2, 0.25) is 0 Å². The SMILES string of the molecule is COc1ccc(Cn2cc(/C=C/CBr)nn2)cc1. The van der Waals surface area contributed by atoms with Crippen LogP contribution >= 0.6 is 15.9 Å². The fourth-order valence-corrected chi connectivity index (χ4v) is 1.74. The van der Waals surface area contributed by atoms with Gasteiger partial charge in [-0.1, -0.05) is 39.4 Å². The van der Waals surface area contributed by atoms with Gasteiger partial charge in [0.25, 0.3) is 0 Å². The molecule has 0 spiro atoms. The molecule has 0 radical (unpaired) electrons. The van der Waals surface area contributed by atoms with Crippen LogP contribution in [0, 0.1) is 0 Å². The van der Waals surface area contributed by atoms with Gasteiger partial charge in [-0.3, -0.25) is 0 Å². The van der Waals surface area contributed by atoms with Crippen molar-refractivity contribution >= 4 is 22.0 Å². The lowest BCUT2D eigenvalue weighted by atomic mass is 10.2. The van der Waals surface area contributed by atoms with Crippen molar-refractivity contribution in [1.29, 1.82) is 0 Å². The Morgan fingerprint density at radius 3 is 2.78 bits per heavy atom. The number of hydrogen-bond acceptors (Lipinski definition) is 3. The minimum atomic E-state index is 0.707. The summed E-state index contributed by atoms with van der Waals surface area (Å²) >= 11 is 3.33. The van der Waals surface area contributed by atoms with Crippen LogP contribution in [0.25, 0.3) is 6.08 Å². The molecular weight excluding hydrogens is 294 g/mol. The Morgan fingerprint density at radius 2 is 2.11 bits per heavy atom. The van der Waals surface area contributed by atoms with Crippen LogP contribution in [-0.2, 0) is 6.54 Å². The maximum absolute atomic E-state index is 5.12. The minimum Gasteiger partial charge on any atom is -0.497 e. The molecule has 0 fully saturated rings. The van der Waals surface area contributed by atoms with Crippen LogP contribution in [0.15, 0.2) is 36.5 Å². The maximum Gasteiger partial charge on any atom is 0.118 e. The van der Waals surface area contributed by atoms with Gasteiger partial charge in [-0.05, 0) is 23.8 Å². The van der Waals surface area contributed by atoms with Gasteiger partial charge >= 0.3 is 0 Å². The van der Waals surface area contributed by atoms with Crippen LogP contribution < -0.4 is 4.74 Å². The maximum atomic E-state index is 5.12. The van der Waals surface area contributed by atoms with Gasteiger partial charge in [0, 0.05) is 5.33 Å². The highest BCUT2D eigenvalue weighted by Crippen LogP contribution is 2.12. The molecule has 5 heteroatoms. The summed E-state index contributed by atoms with van der Waals surface area (Å²) in [6.45, 7) is 0.707. The van der Waals surface area contributed by atoms with Gasteiger partial charge in [0.2, 0.25) is 0 Å². The van der Waals surface area contributed by atoms with Gasteiger partial charge < -0.3 is 4.74 Å². The first kappa shape index (κ1) is 12.8. The van der Waals surface area contributed by atoms with E-state index < -0.39 is 0 Å². The number of hydrogen-bond donors (Lipinski definition) is 0. The number of ether oxygens (including phenoxy) is 1. The molecule has 0 bridgehead atoms. The van der Waals surface area contributed by atoms with Crippen molar-refractivity contribution in [2.75, 3.05) is 12.4 Å². The van der Waals surface area contributed by atoms with Crippen molar-refractivity contribution in [3.05, 3.63) is 47.8 Å². The Kier molecular flexibility index (Phi) is 4.52. The lowest BCUT2D eigenvalue weighted by molar-refractivity contribution is 0.414. The van der Waals surface area contributed by atoms with E-state index in [0.717, 1.165) is 22.3 Å². The molecule has 18 heavy (non-hydrogen) atoms. The molecule has 2 aromatic rings. The summed E-state index contributed by atoms with van der Waals surface area (Å²) in [4.78, 5) is 0. The minimum absolute atomic E-state index is 0.707. The number of halogens is 1. The van der Waals surface area contributed by atoms with Crippen molar-refractivity contribution in [2.24, 2.45) is 0 Å². The quantitative estimate of drug-likeness (QED) is 0.797. The number of aromatic nitrogens is 3. The van der Waals surface area contributed by atoms with Crippen molar-refractivity contribution < 1.29 is 4.74 Å². The fourth-order valence-electron chi connectivity index (χ4n) is 1.55. The van der Waals surface area contributed by atoms with E-state index in [4.69, 9.17) is 4.74 Å². The van der Waals surface area contributed by atoms with Gasteiger partial charge in [-0.25, -0.2) is 4.68 Å². The molecule has 0 N–H and O–H groups in total. The molecule has 0 aliphatic rings. The molecule has 0 unspecified atom stereocenters. The average molecular weight is 308 g/mol. The first-order chi connectivity index (χ1) is 8.81. The molecule has 0 aliphatic carbocycles. The standard InChI is InChI=1S/C13H14BrN3O/c1-18-13-6-4-11(5-7-13)9-17-10-12(15-16-17)3-2-8-14/h2-7,10H,8-9H2,1H3/b3-2+. The van der Waals surface area contributed by atoms with E-state index in [9.17, 15) is 0 Å². The highest BCUT2D eigenvalue weighted by molar-refractivity contribution is 9.09. The van der Waals surface area contributed by atoms with Crippen molar-refractivity contribution in [1.82, 2.24) is 15.0 Å². The second kappa shape index (κ2) is 6.35. The molecule has 0 amide bonds. The molecule has 94 valence electrons. The third-order valence-electron chi connectivity index (χ3n) is 2.44. The summed E-state index contributed by atoms with van der Waals surface area (Å²) < 4.78 is 6.93. The summed E-state index contributed by atoms with van der Waals surface area (Å²) in [5.74, 6) is 0.860. The monoisotopic (exact) mass is 307 g/mol. The van der Waals surface area contributed by atoms with E-state index in [0.29, 0.717) is 6.54 Å². The van der Waals surface area contributed by atoms with Crippen LogP contribution in [-0.4, -0.2) is 27.4 Å². The lowest BCUT2D eigenvalue weighted by Crippen LogP contribution is -2.00. The topological polar surface area (TPSA) is 39.9 Å². The number of methoxy groups -OCH3 is 1. The molecule has 0 saturated carbocycles. The van der Waals surface area contributed by atoms with Gasteiger partial charge in [-0.15, -0.1) is 5.10 Å². The molecular formula is C13H14BrN3O. The van der Waals surface area contributed by atoms with Crippen molar-refractivity contribution in [3.63, 3.8) is 0 Å². The molecule has 0 saturated heterocycles. The van der Waals surface area contributed by atoms with E-state index in [2.05, 4.69) is 26.2 Å². The Morgan fingerprint density at radius 1 is 1.33 bits per heavy atom. The third kappa shape index (κ3) is 3.43. The first-order valence-corrected chi connectivity index (χ1v) is 6.69. The molecule has 1 heterocycles. The van der Waals surface area contributed by atoms with E-state index in [1.165, 1.54) is 0 Å². The first-order valence-electron chi connectivity index (χ1n) is 5.57. The smallest absolute Gasteiger partial charge is 0.118 e. The Labute approximate surface area is 114 Å². The predicted molar refractivity (Wildman–Crippen MR) is 74.9 cm³/mol. The molecule has 1 aromatic carbocycles. The summed E-state index contributed by atoms with van der Waals surface area (Å²) in [6.07, 6.45) is 5.84. The van der Waals surface area contributed by atoms with Gasteiger partial charge in [0.05, 0.1) is 19.9 Å². The van der Waals surface area contributed by atoms with Crippen LogP contribution in [0.4, 0.5) is 0 Å². The number of alkyl halides is 1. The predicted octanol–water partition coefficient (Wildman–Crippen LogP) is 2.74. The molecule has 1 aromatic heterocycles. The van der Waals surface area contributed by atoms with E-state index in [1.807, 2.05) is 47.3 Å². The normalized spacial score (nSPS) is 11.0. The fraction of sp³-hybridized carbons (Fsp3) is 0.231. The molecule has 2 rings (SSSR count). The largest absolute Gasteiger partial charge is 0.497 e. The Hall–Kier alpha value is -1.62. The second-order valence-electron chi connectivity index (χ2n) is 3.75. The van der Waals surface area contributed by atoms with E-state index >= 15 is 0 Å². The third-order valence-corrected chi connectivity index (χ3v) is 2.81. The zero-order valence-electron chi connectivity index (χ0n) is 10.1. The van der Waals surface area contributed by atoms with E-state index in [-0.39, 0.29) is 0 Å². The summed E-state index contributed by atoms with van der Waals surface area (Å²) in [7, 11) is 1.66. The van der Waals surface area contributed by atoms with Crippen molar-refractivity contribution in [2.45, 2.75) is 6.54 Å². The summed E-state index contributed by atoms with van der Waals surface area (Å²) in [6, 6.07) is 7.93. The van der Waals surface area contributed by atoms with Gasteiger partial charge in [-0.2, -0.15) is 0 Å². The van der Waals surface area contributed by atoms with E-state index in [1.54, 1.807) is 7.11 Å². The number of rotatable bonds is 5. The lowest BCUT2D eigenvalue weighted by Gasteiger charge is -2.02. The number of benzene rings is 1. The zero-order valence-corrected chi connectivity index (χ0v) is 11.7. The van der Waals surface area contributed by atoms with Gasteiger partial charge in [0.15, 0.2) is 0 Å². The Bertz CT molecular complexity index is 519. The van der Waals surface area contributed by atoms with Crippen LogP contribution in [0.3, 0.4) is 0 Å². The second-order valence-corrected chi connectivity index (χ2v) is 4.39. The zero-order chi connectivity index (χ0) is 12.8. The highest BCUT2D eigenvalue weighted by Gasteiger charge is 1.99. The summed E-state index contributed by atoms with van der Waals surface area (Å²) in [5.41, 5.74) is 2.03. The van der Waals surface area contributed by atoms with Crippen molar-refractivity contribution in [3.8, 4) is 5.75 Å². The Balaban J connectivity index is 2.04. The van der Waals surface area contributed by atoms with Gasteiger partial charge in [0.1, 0.15) is 11.4 Å². The molecule has 0 atom stereocenters. The number of nitrogens with zero attached hydrogens (tertiary/aromatic N) is 3. The highest BCUT2D eigenvalue weighted by atomic mass is 79.9. The van der Waals surface area contributed by atoms with Crippen LogP contribution in [0.1, 0.15) is 11.3 Å². The molecule has 0 aliphatic heterocycles. The average Bonchev–Trinajstić information content (AvgIpc) is 2.85. The molecule has 4 nitrogen and oxygen atoms in total.